The Bertz CT molecular complexity index is 1610. The van der Waals surface area contributed by atoms with Crippen molar-refractivity contribution < 1.29 is 28.6 Å². The van der Waals surface area contributed by atoms with Gasteiger partial charge in [-0.2, -0.15) is 0 Å². The van der Waals surface area contributed by atoms with Gasteiger partial charge in [0.25, 0.3) is 0 Å². The number of hydrogen-bond donors (Lipinski definition) is 0. The molecule has 0 aromatic carbocycles. The lowest BCUT2D eigenvalue weighted by atomic mass is 10.0. The third-order valence-corrected chi connectivity index (χ3v) is 15.5. The first kappa shape index (κ1) is 79.3. The van der Waals surface area contributed by atoms with E-state index in [4.69, 9.17) is 14.2 Å². The number of unbranched alkanes of at least 4 members (excludes halogenated alkanes) is 38. The largest absolute Gasteiger partial charge is 0.462 e. The fourth-order valence-corrected chi connectivity index (χ4v) is 10.1. The number of ether oxygens (including phenoxy) is 3. The second-order valence-corrected chi connectivity index (χ2v) is 23.8. The van der Waals surface area contributed by atoms with Gasteiger partial charge in [-0.1, -0.05) is 304 Å². The molecule has 0 aliphatic carbocycles. The highest BCUT2D eigenvalue weighted by molar-refractivity contribution is 5.71. The molecule has 0 rings (SSSR count). The number of esters is 3. The zero-order valence-corrected chi connectivity index (χ0v) is 54.9. The molecule has 0 spiro atoms. The van der Waals surface area contributed by atoms with Gasteiger partial charge in [0.2, 0.25) is 0 Å². The van der Waals surface area contributed by atoms with Crippen LogP contribution < -0.4 is 0 Å². The monoisotopic (exact) mass is 1160 g/mol. The average molecular weight is 1160 g/mol. The van der Waals surface area contributed by atoms with Gasteiger partial charge in [-0.05, 0) is 128 Å². The molecule has 83 heavy (non-hydrogen) atoms. The van der Waals surface area contributed by atoms with Gasteiger partial charge in [0.1, 0.15) is 13.2 Å². The Morgan fingerprint density at radius 1 is 0.241 bits per heavy atom. The Hall–Kier alpha value is -3.67. The zero-order chi connectivity index (χ0) is 59.9. The number of rotatable bonds is 65. The van der Waals surface area contributed by atoms with Crippen LogP contribution in [0.15, 0.2) is 97.2 Å². The molecule has 1 atom stereocenters. The van der Waals surface area contributed by atoms with E-state index in [9.17, 15) is 14.4 Å². The van der Waals surface area contributed by atoms with Crippen LogP contribution in [-0.4, -0.2) is 37.2 Å². The summed E-state index contributed by atoms with van der Waals surface area (Å²) in [5, 5.41) is 0. The summed E-state index contributed by atoms with van der Waals surface area (Å²) in [6.45, 7) is 6.60. The second-order valence-electron chi connectivity index (χ2n) is 23.8. The van der Waals surface area contributed by atoms with Crippen LogP contribution in [0.3, 0.4) is 0 Å². The van der Waals surface area contributed by atoms with Gasteiger partial charge in [-0.15, -0.1) is 0 Å². The van der Waals surface area contributed by atoms with E-state index in [1.54, 1.807) is 0 Å². The van der Waals surface area contributed by atoms with Crippen molar-refractivity contribution in [1.82, 2.24) is 0 Å². The van der Waals surface area contributed by atoms with Gasteiger partial charge < -0.3 is 14.2 Å². The number of hydrogen-bond acceptors (Lipinski definition) is 6. The maximum atomic E-state index is 13.0. The van der Waals surface area contributed by atoms with Crippen molar-refractivity contribution in [3.63, 3.8) is 0 Å². The van der Waals surface area contributed by atoms with E-state index in [1.807, 2.05) is 0 Å². The van der Waals surface area contributed by atoms with Crippen molar-refractivity contribution in [2.75, 3.05) is 13.2 Å². The molecular formula is C77H134O6. The minimum Gasteiger partial charge on any atom is -0.462 e. The summed E-state index contributed by atoms with van der Waals surface area (Å²) >= 11 is 0. The fourth-order valence-electron chi connectivity index (χ4n) is 10.1. The maximum Gasteiger partial charge on any atom is 0.306 e. The van der Waals surface area contributed by atoms with Crippen LogP contribution in [0.25, 0.3) is 0 Å². The molecule has 0 radical (unpaired) electrons. The van der Waals surface area contributed by atoms with Crippen molar-refractivity contribution in [3.8, 4) is 0 Å². The van der Waals surface area contributed by atoms with E-state index < -0.39 is 6.10 Å². The van der Waals surface area contributed by atoms with E-state index in [1.165, 1.54) is 205 Å². The quantitative estimate of drug-likeness (QED) is 0.0261. The van der Waals surface area contributed by atoms with E-state index in [0.717, 1.165) is 109 Å². The summed E-state index contributed by atoms with van der Waals surface area (Å²) in [7, 11) is 0. The van der Waals surface area contributed by atoms with Gasteiger partial charge in [0.05, 0.1) is 0 Å². The first-order valence-corrected chi connectivity index (χ1v) is 35.7. The van der Waals surface area contributed by atoms with Gasteiger partial charge in [-0.3, -0.25) is 14.4 Å². The van der Waals surface area contributed by atoms with Crippen molar-refractivity contribution in [1.29, 1.82) is 0 Å². The van der Waals surface area contributed by atoms with Crippen LogP contribution in [0.1, 0.15) is 355 Å². The Morgan fingerprint density at radius 2 is 0.434 bits per heavy atom. The van der Waals surface area contributed by atoms with Crippen LogP contribution in [0.4, 0.5) is 0 Å². The van der Waals surface area contributed by atoms with Gasteiger partial charge in [0, 0.05) is 19.3 Å². The zero-order valence-electron chi connectivity index (χ0n) is 54.9. The number of carbonyl (C=O) groups is 3. The molecule has 0 aromatic heterocycles. The molecule has 478 valence electrons. The Morgan fingerprint density at radius 3 is 0.699 bits per heavy atom. The summed E-state index contributed by atoms with van der Waals surface area (Å²) in [5.41, 5.74) is 0. The van der Waals surface area contributed by atoms with Crippen molar-refractivity contribution in [3.05, 3.63) is 97.2 Å². The third kappa shape index (κ3) is 69.0. The van der Waals surface area contributed by atoms with Crippen molar-refractivity contribution in [2.24, 2.45) is 0 Å². The first-order chi connectivity index (χ1) is 41.0. The highest BCUT2D eigenvalue weighted by Gasteiger charge is 2.19. The molecule has 0 bridgehead atoms. The predicted molar refractivity (Wildman–Crippen MR) is 362 cm³/mol. The average Bonchev–Trinajstić information content (AvgIpc) is 3.49. The van der Waals surface area contributed by atoms with Crippen LogP contribution in [0, 0.1) is 0 Å². The lowest BCUT2D eigenvalue weighted by molar-refractivity contribution is -0.167. The van der Waals surface area contributed by atoms with Gasteiger partial charge in [-0.25, -0.2) is 0 Å². The summed E-state index contributed by atoms with van der Waals surface area (Å²) < 4.78 is 17.0. The minimum atomic E-state index is -0.791. The van der Waals surface area contributed by atoms with Gasteiger partial charge >= 0.3 is 17.9 Å². The highest BCUT2D eigenvalue weighted by Crippen LogP contribution is 2.17. The lowest BCUT2D eigenvalue weighted by Crippen LogP contribution is -2.30. The number of allylic oxidation sites excluding steroid dienone is 16. The smallest absolute Gasteiger partial charge is 0.306 e. The molecule has 6 heteroatoms. The molecule has 0 saturated carbocycles. The predicted octanol–water partition coefficient (Wildman–Crippen LogP) is 24.8. The second kappa shape index (κ2) is 70.8. The Kier molecular flexibility index (Phi) is 67.7. The summed E-state index contributed by atoms with van der Waals surface area (Å²) in [6, 6.07) is 0. The molecule has 0 aromatic rings. The van der Waals surface area contributed by atoms with Crippen LogP contribution >= 0.6 is 0 Å². The van der Waals surface area contributed by atoms with E-state index >= 15 is 0 Å². The molecule has 0 saturated heterocycles. The summed E-state index contributed by atoms with van der Waals surface area (Å²) in [4.78, 5) is 38.5. The molecule has 1 unspecified atom stereocenters. The topological polar surface area (TPSA) is 78.9 Å². The molecule has 0 aliphatic rings. The number of carbonyl (C=O) groups excluding carboxylic acids is 3. The van der Waals surface area contributed by atoms with Crippen molar-refractivity contribution in [2.45, 2.75) is 361 Å². The molecule has 0 fully saturated rings. The minimum absolute atomic E-state index is 0.0843. The Balaban J connectivity index is 4.32. The molecule has 0 amide bonds. The normalized spacial score (nSPS) is 12.7. The van der Waals surface area contributed by atoms with Crippen molar-refractivity contribution >= 4 is 17.9 Å². The molecule has 0 aliphatic heterocycles. The van der Waals surface area contributed by atoms with Crippen LogP contribution in [0.5, 0.6) is 0 Å². The lowest BCUT2D eigenvalue weighted by Gasteiger charge is -2.18. The SMILES string of the molecule is CCCCC/C=C\C/C=C\C/C=C\CCCCCCCCC(=O)OC(COC(=O)CCCCCCCCC/C=C\C/C=C\CCCCC)COC(=O)CCCCCCCCCCCCCCCC/C=C\C/C=C\C/C=C\CCCCCCC. The van der Waals surface area contributed by atoms with E-state index in [2.05, 4.69) is 118 Å². The standard InChI is InChI=1S/C77H134O6/c1-4-7-10-13-16-19-22-25-28-31-33-34-35-36-37-38-39-40-41-42-44-46-49-52-55-58-61-64-67-70-76(79)82-73-74(72-81-75(78)69-66-63-60-57-54-51-48-45-30-27-24-21-18-15-12-9-6-3)83-77(80)71-68-65-62-59-56-53-50-47-43-32-29-26-23-20-17-14-11-8-5-2/h17-18,20-22,25-27,29-31,33,35-36,43,47,74H,4-16,19,23-24,28,32,34,37-42,44-46,48-73H2,1-3H3/b20-17-,21-18-,25-22-,29-26-,30-27-,33-31-,36-35-,47-43-. The molecule has 6 nitrogen and oxygen atoms in total. The molecular weight excluding hydrogens is 1020 g/mol. The van der Waals surface area contributed by atoms with E-state index in [0.29, 0.717) is 19.3 Å². The highest BCUT2D eigenvalue weighted by atomic mass is 16.6. The van der Waals surface area contributed by atoms with E-state index in [-0.39, 0.29) is 31.1 Å². The summed E-state index contributed by atoms with van der Waals surface area (Å²) in [5.74, 6) is -0.890. The van der Waals surface area contributed by atoms with Crippen LogP contribution in [0.2, 0.25) is 0 Å². The fraction of sp³-hybridized carbons (Fsp3) is 0.753. The summed E-state index contributed by atoms with van der Waals surface area (Å²) in [6.07, 6.45) is 95.7. The molecule has 0 N–H and O–H groups in total. The third-order valence-electron chi connectivity index (χ3n) is 15.5. The van der Waals surface area contributed by atoms with Gasteiger partial charge in [0.15, 0.2) is 6.10 Å². The first-order valence-electron chi connectivity index (χ1n) is 35.7. The van der Waals surface area contributed by atoms with Crippen LogP contribution in [-0.2, 0) is 28.6 Å². The Labute approximate surface area is 515 Å². The molecule has 0 heterocycles. The maximum absolute atomic E-state index is 13.0.